The summed E-state index contributed by atoms with van der Waals surface area (Å²) in [6.45, 7) is 4.21. The number of carbonyl (C=O) groups excluding carboxylic acids is 3. The monoisotopic (exact) mass is 569 g/mol. The van der Waals surface area contributed by atoms with Crippen molar-refractivity contribution in [3.63, 3.8) is 0 Å². The second kappa shape index (κ2) is 12.4. The molecule has 210 valence electrons. The minimum absolute atomic E-state index is 0.0971. The van der Waals surface area contributed by atoms with Gasteiger partial charge in [0.2, 0.25) is 11.8 Å². The van der Waals surface area contributed by atoms with Gasteiger partial charge in [0.1, 0.15) is 17.6 Å². The van der Waals surface area contributed by atoms with E-state index in [0.717, 1.165) is 16.9 Å². The predicted molar refractivity (Wildman–Crippen MR) is 162 cm³/mol. The van der Waals surface area contributed by atoms with E-state index in [-0.39, 0.29) is 24.1 Å². The number of amides is 3. The van der Waals surface area contributed by atoms with Gasteiger partial charge in [-0.05, 0) is 60.9 Å². The average Bonchev–Trinajstić information content (AvgIpc) is 3.30. The Hall–Kier alpha value is -4.44. The molecular formula is C31H31N5O4S. The number of aryl methyl sites for hydroxylation is 1. The highest BCUT2D eigenvalue weighted by atomic mass is 32.2. The standard InChI is InChI=1S/C31H31N5O4S/c1-4-26(29(38)33-21-9-7-8-19(2)16-21)41-31-35-24-11-6-5-10-23(24)28-34-25(30(39)36(28)31)17-27(37)32-18-20-12-14-22(40-3)15-13-20/h5-16,25-26H,4,17-18H2,1-3H3,(H,32,37)(H,33,38)/t25-,26+/m0/s1. The lowest BCUT2D eigenvalue weighted by Crippen LogP contribution is -2.43. The van der Waals surface area contributed by atoms with E-state index in [0.29, 0.717) is 40.9 Å². The molecule has 2 N–H and O–H groups in total. The second-order valence-corrected chi connectivity index (χ2v) is 10.9. The molecule has 3 aromatic carbocycles. The summed E-state index contributed by atoms with van der Waals surface area (Å²) in [6.07, 6.45) is 0.425. The van der Waals surface area contributed by atoms with Crippen molar-refractivity contribution in [3.8, 4) is 5.75 Å². The van der Waals surface area contributed by atoms with Crippen molar-refractivity contribution in [3.05, 3.63) is 89.5 Å². The van der Waals surface area contributed by atoms with Crippen LogP contribution in [0.1, 0.15) is 36.5 Å². The number of fused-ring (bicyclic) bond motifs is 3. The minimum atomic E-state index is -0.890. The Bertz CT molecular complexity index is 1540. The Labute approximate surface area is 243 Å². The van der Waals surface area contributed by atoms with Crippen LogP contribution in [-0.4, -0.2) is 52.0 Å². The first kappa shape index (κ1) is 28.1. The van der Waals surface area contributed by atoms with Crippen LogP contribution >= 0.6 is 11.8 Å². The minimum Gasteiger partial charge on any atom is -0.497 e. The van der Waals surface area contributed by atoms with E-state index in [4.69, 9.17) is 9.73 Å². The normalized spacial score (nSPS) is 16.2. The van der Waals surface area contributed by atoms with Crippen LogP contribution in [-0.2, 0) is 20.9 Å². The Morgan fingerprint density at radius 2 is 1.85 bits per heavy atom. The quantitative estimate of drug-likeness (QED) is 0.384. The molecule has 0 unspecified atom stereocenters. The third kappa shape index (κ3) is 6.33. The number of amidine groups is 2. The Balaban J connectivity index is 1.31. The number of nitrogens with one attached hydrogen (secondary N) is 2. The lowest BCUT2D eigenvalue weighted by Gasteiger charge is -2.27. The van der Waals surface area contributed by atoms with Gasteiger partial charge in [0, 0.05) is 17.8 Å². The van der Waals surface area contributed by atoms with Gasteiger partial charge in [-0.15, -0.1) is 0 Å². The van der Waals surface area contributed by atoms with Crippen molar-refractivity contribution in [1.82, 2.24) is 10.2 Å². The first-order chi connectivity index (χ1) is 19.9. The second-order valence-electron chi connectivity index (χ2n) is 9.76. The Kier molecular flexibility index (Phi) is 8.49. The van der Waals surface area contributed by atoms with Crippen molar-refractivity contribution >= 4 is 51.9 Å². The summed E-state index contributed by atoms with van der Waals surface area (Å²) in [6, 6.07) is 21.5. The molecule has 0 fully saturated rings. The number of benzene rings is 3. The number of thioether (sulfide) groups is 1. The number of nitrogens with zero attached hydrogens (tertiary/aromatic N) is 3. The van der Waals surface area contributed by atoms with Gasteiger partial charge in [0.25, 0.3) is 5.91 Å². The molecule has 41 heavy (non-hydrogen) atoms. The fraction of sp³-hybridized carbons (Fsp3) is 0.258. The zero-order chi connectivity index (χ0) is 28.9. The lowest BCUT2D eigenvalue weighted by molar-refractivity contribution is -0.128. The summed E-state index contributed by atoms with van der Waals surface area (Å²) in [5.74, 6) is 0.382. The van der Waals surface area contributed by atoms with Gasteiger partial charge in [0.15, 0.2) is 5.17 Å². The van der Waals surface area contributed by atoms with Crippen LogP contribution in [0.4, 0.5) is 11.4 Å². The third-order valence-corrected chi connectivity index (χ3v) is 8.09. The molecule has 0 radical (unpaired) electrons. The van der Waals surface area contributed by atoms with Gasteiger partial charge in [-0.2, -0.15) is 0 Å². The molecule has 0 saturated carbocycles. The maximum absolute atomic E-state index is 13.6. The highest BCUT2D eigenvalue weighted by molar-refractivity contribution is 8.15. The first-order valence-electron chi connectivity index (χ1n) is 13.4. The van der Waals surface area contributed by atoms with Gasteiger partial charge >= 0.3 is 0 Å². The van der Waals surface area contributed by atoms with Crippen LogP contribution < -0.4 is 15.4 Å². The van der Waals surface area contributed by atoms with Crippen LogP contribution in [0, 0.1) is 6.92 Å². The van der Waals surface area contributed by atoms with E-state index in [1.807, 2.05) is 86.6 Å². The average molecular weight is 570 g/mol. The molecule has 2 heterocycles. The number of rotatable bonds is 9. The fourth-order valence-corrected chi connectivity index (χ4v) is 5.62. The molecule has 3 aromatic rings. The summed E-state index contributed by atoms with van der Waals surface area (Å²) in [5, 5.41) is 5.72. The number of anilines is 1. The summed E-state index contributed by atoms with van der Waals surface area (Å²) in [5.41, 5.74) is 4.04. The fourth-order valence-electron chi connectivity index (χ4n) is 4.60. The SMILES string of the molecule is CC[C@@H](SC1=Nc2ccccc2C2=N[C@@H](CC(=O)NCc3ccc(OC)cc3)C(=O)N12)C(=O)Nc1cccc(C)c1. The van der Waals surface area contributed by atoms with E-state index in [9.17, 15) is 14.4 Å². The molecule has 10 heteroatoms. The number of hydrogen-bond donors (Lipinski definition) is 2. The number of carbonyl (C=O) groups is 3. The van der Waals surface area contributed by atoms with Crippen molar-refractivity contribution in [2.75, 3.05) is 12.4 Å². The molecule has 9 nitrogen and oxygen atoms in total. The van der Waals surface area contributed by atoms with Crippen molar-refractivity contribution in [1.29, 1.82) is 0 Å². The molecule has 0 aliphatic carbocycles. The zero-order valence-corrected chi connectivity index (χ0v) is 23.9. The maximum atomic E-state index is 13.6. The highest BCUT2D eigenvalue weighted by Crippen LogP contribution is 2.36. The molecule has 0 spiro atoms. The number of ether oxygens (including phenoxy) is 1. The molecule has 0 aromatic heterocycles. The molecule has 0 saturated heterocycles. The molecular weight excluding hydrogens is 538 g/mol. The zero-order valence-electron chi connectivity index (χ0n) is 23.1. The molecule has 3 amide bonds. The Morgan fingerprint density at radius 3 is 2.59 bits per heavy atom. The van der Waals surface area contributed by atoms with Gasteiger partial charge in [0.05, 0.1) is 24.5 Å². The van der Waals surface area contributed by atoms with Crippen LogP contribution in [0.25, 0.3) is 0 Å². The molecule has 0 bridgehead atoms. The molecule has 2 atom stereocenters. The smallest absolute Gasteiger partial charge is 0.259 e. The van der Waals surface area contributed by atoms with Gasteiger partial charge in [-0.3, -0.25) is 19.4 Å². The van der Waals surface area contributed by atoms with E-state index >= 15 is 0 Å². The first-order valence-corrected chi connectivity index (χ1v) is 14.3. The Morgan fingerprint density at radius 1 is 1.07 bits per heavy atom. The summed E-state index contributed by atoms with van der Waals surface area (Å²) >= 11 is 1.22. The van der Waals surface area contributed by atoms with Crippen LogP contribution in [0.5, 0.6) is 5.75 Å². The van der Waals surface area contributed by atoms with E-state index in [2.05, 4.69) is 15.6 Å². The van der Waals surface area contributed by atoms with Crippen molar-refractivity contribution in [2.24, 2.45) is 9.98 Å². The van der Waals surface area contributed by atoms with Crippen molar-refractivity contribution < 1.29 is 19.1 Å². The van der Waals surface area contributed by atoms with Gasteiger partial charge < -0.3 is 15.4 Å². The lowest BCUT2D eigenvalue weighted by atomic mass is 10.1. The van der Waals surface area contributed by atoms with Crippen LogP contribution in [0.3, 0.4) is 0 Å². The molecule has 2 aliphatic heterocycles. The summed E-state index contributed by atoms with van der Waals surface area (Å²) in [7, 11) is 1.60. The number of hydrogen-bond acceptors (Lipinski definition) is 7. The predicted octanol–water partition coefficient (Wildman–Crippen LogP) is 4.82. The molecule has 5 rings (SSSR count). The number of para-hydroxylation sites is 1. The number of methoxy groups -OCH3 is 1. The van der Waals surface area contributed by atoms with Crippen LogP contribution in [0.2, 0.25) is 0 Å². The van der Waals surface area contributed by atoms with Gasteiger partial charge in [-0.25, -0.2) is 9.89 Å². The topological polar surface area (TPSA) is 112 Å². The largest absolute Gasteiger partial charge is 0.497 e. The molecule has 2 aliphatic rings. The van der Waals surface area contributed by atoms with E-state index in [1.165, 1.54) is 16.7 Å². The van der Waals surface area contributed by atoms with E-state index in [1.54, 1.807) is 7.11 Å². The maximum Gasteiger partial charge on any atom is 0.259 e. The number of aliphatic imine (C=N–C) groups is 2. The summed E-state index contributed by atoms with van der Waals surface area (Å²) < 4.78 is 5.17. The van der Waals surface area contributed by atoms with E-state index < -0.39 is 11.3 Å². The highest BCUT2D eigenvalue weighted by Gasteiger charge is 2.43. The van der Waals surface area contributed by atoms with Gasteiger partial charge in [-0.1, -0.05) is 55.1 Å². The summed E-state index contributed by atoms with van der Waals surface area (Å²) in [4.78, 5) is 50.5. The van der Waals surface area contributed by atoms with Crippen molar-refractivity contribution in [2.45, 2.75) is 44.5 Å². The van der Waals surface area contributed by atoms with Crippen LogP contribution in [0.15, 0.2) is 82.8 Å². The third-order valence-electron chi connectivity index (χ3n) is 6.77.